The molecule has 2 aliphatic heterocycles. The average Bonchev–Trinajstić information content (AvgIpc) is 3.51. The average molecular weight is 485 g/mol. The van der Waals surface area contributed by atoms with Crippen LogP contribution in [0.4, 0.5) is 0 Å². The van der Waals surface area contributed by atoms with Crippen LogP contribution in [0.3, 0.4) is 0 Å². The van der Waals surface area contributed by atoms with E-state index in [0.717, 1.165) is 25.9 Å². The molecule has 1 fully saturated rings. The number of benzene rings is 2. The Morgan fingerprint density at radius 3 is 2.59 bits per heavy atom. The molecule has 8 nitrogen and oxygen atoms in total. The number of hydrogen-bond acceptors (Lipinski definition) is 7. The van der Waals surface area contributed by atoms with E-state index in [4.69, 9.17) is 25.5 Å². The molecule has 0 unspecified atom stereocenters. The fraction of sp³-hybridized carbons (Fsp3) is 0.360. The van der Waals surface area contributed by atoms with Crippen LogP contribution in [0.5, 0.6) is 11.5 Å². The van der Waals surface area contributed by atoms with Crippen molar-refractivity contribution in [1.82, 2.24) is 10.2 Å². The number of halogens is 1. The van der Waals surface area contributed by atoms with E-state index in [1.54, 1.807) is 36.4 Å². The highest BCUT2D eigenvalue weighted by Crippen LogP contribution is 2.33. The number of carbonyl (C=O) groups is 2. The van der Waals surface area contributed by atoms with Gasteiger partial charge in [0.2, 0.25) is 0 Å². The fourth-order valence-electron chi connectivity index (χ4n) is 4.42. The predicted octanol–water partition coefficient (Wildman–Crippen LogP) is 3.35. The van der Waals surface area contributed by atoms with E-state index in [0.29, 0.717) is 52.8 Å². The Balaban J connectivity index is 1.36. The highest BCUT2D eigenvalue weighted by molar-refractivity contribution is 6.42. The normalized spacial score (nSPS) is 17.5. The van der Waals surface area contributed by atoms with E-state index in [1.807, 2.05) is 0 Å². The minimum absolute atomic E-state index is 0.0801. The molecule has 0 spiro atoms. The predicted molar refractivity (Wildman–Crippen MR) is 126 cm³/mol. The second kappa shape index (κ2) is 9.66. The van der Waals surface area contributed by atoms with Crippen molar-refractivity contribution in [1.29, 1.82) is 0 Å². The summed E-state index contributed by atoms with van der Waals surface area (Å²) in [5.41, 5.74) is 1.03. The summed E-state index contributed by atoms with van der Waals surface area (Å²) in [6.45, 7) is 3.05. The number of ketones is 1. The third-order valence-electron chi connectivity index (χ3n) is 6.17. The summed E-state index contributed by atoms with van der Waals surface area (Å²) in [6.07, 6.45) is 1.06. The van der Waals surface area contributed by atoms with Crippen molar-refractivity contribution >= 4 is 34.3 Å². The van der Waals surface area contributed by atoms with Crippen LogP contribution >= 0.6 is 11.6 Å². The summed E-state index contributed by atoms with van der Waals surface area (Å²) in [5.74, 6) is -0.573. The Kier molecular flexibility index (Phi) is 6.45. The van der Waals surface area contributed by atoms with E-state index in [1.165, 1.54) is 6.07 Å². The molecule has 5 rings (SSSR count). The zero-order chi connectivity index (χ0) is 23.7. The Bertz CT molecular complexity index is 1220. The van der Waals surface area contributed by atoms with E-state index in [-0.39, 0.29) is 5.76 Å². The lowest BCUT2D eigenvalue weighted by atomic mass is 10.0. The molecule has 9 heteroatoms. The quantitative estimate of drug-likeness (QED) is 0.391. The smallest absolute Gasteiger partial charge is 0.296 e. The Morgan fingerprint density at radius 2 is 1.79 bits per heavy atom. The zero-order valence-electron chi connectivity index (χ0n) is 18.5. The second-order valence-electron chi connectivity index (χ2n) is 8.56. The SMILES string of the molecule is O=C(N[C@H](CN1CCCC1)[C@H](O)c1ccc2c(c1)OCCO2)C(=O)c1cc2cc(Cl)ccc2o1. The topological polar surface area (TPSA) is 101 Å². The molecule has 0 aliphatic carbocycles. The number of aliphatic hydroxyl groups excluding tert-OH is 1. The van der Waals surface area contributed by atoms with E-state index in [2.05, 4.69) is 10.2 Å². The van der Waals surface area contributed by atoms with Crippen LogP contribution in [-0.4, -0.2) is 60.6 Å². The van der Waals surface area contributed by atoms with Crippen molar-refractivity contribution in [3.8, 4) is 11.5 Å². The third-order valence-corrected chi connectivity index (χ3v) is 6.40. The Labute approximate surface area is 201 Å². The van der Waals surface area contributed by atoms with Gasteiger partial charge in [-0.1, -0.05) is 17.7 Å². The molecule has 34 heavy (non-hydrogen) atoms. The van der Waals surface area contributed by atoms with Crippen molar-refractivity contribution in [2.75, 3.05) is 32.8 Å². The number of fused-ring (bicyclic) bond motifs is 2. The first-order chi connectivity index (χ1) is 16.5. The molecule has 1 amide bonds. The van der Waals surface area contributed by atoms with Gasteiger partial charge in [-0.25, -0.2) is 0 Å². The van der Waals surface area contributed by atoms with Crippen LogP contribution in [0.1, 0.15) is 35.1 Å². The van der Waals surface area contributed by atoms with Gasteiger partial charge < -0.3 is 29.2 Å². The van der Waals surface area contributed by atoms with Gasteiger partial charge in [0, 0.05) is 17.0 Å². The standard InChI is InChI=1S/C25H25ClN2O6/c26-17-4-6-19-16(11-17)13-22(34-19)24(30)25(31)27-18(14-28-7-1-2-8-28)23(29)15-3-5-20-21(12-15)33-10-9-32-20/h3-6,11-13,18,23,29H,1-2,7-10,14H2,(H,27,31)/t18-,23-/m1/s1. The van der Waals surface area contributed by atoms with Crippen LogP contribution in [0.2, 0.25) is 5.02 Å². The molecule has 1 saturated heterocycles. The van der Waals surface area contributed by atoms with Crippen LogP contribution in [0.25, 0.3) is 11.0 Å². The van der Waals surface area contributed by atoms with Crippen LogP contribution in [-0.2, 0) is 4.79 Å². The molecule has 0 bridgehead atoms. The molecule has 2 N–H and O–H groups in total. The molecule has 178 valence electrons. The molecular weight excluding hydrogens is 460 g/mol. The van der Waals surface area contributed by atoms with Gasteiger partial charge >= 0.3 is 0 Å². The number of hydrogen-bond donors (Lipinski definition) is 2. The van der Waals surface area contributed by atoms with Gasteiger partial charge in [-0.2, -0.15) is 0 Å². The Morgan fingerprint density at radius 1 is 1.03 bits per heavy atom. The largest absolute Gasteiger partial charge is 0.486 e. The molecule has 3 heterocycles. The van der Waals surface area contributed by atoms with Crippen molar-refractivity contribution < 1.29 is 28.6 Å². The molecule has 2 atom stereocenters. The lowest BCUT2D eigenvalue weighted by molar-refractivity contribution is -0.118. The number of ether oxygens (including phenoxy) is 2. The van der Waals surface area contributed by atoms with Crippen LogP contribution in [0, 0.1) is 0 Å². The monoisotopic (exact) mass is 484 g/mol. The highest BCUT2D eigenvalue weighted by atomic mass is 35.5. The van der Waals surface area contributed by atoms with E-state index in [9.17, 15) is 14.7 Å². The number of carbonyl (C=O) groups excluding carboxylic acids is 2. The maximum absolute atomic E-state index is 12.9. The molecule has 0 radical (unpaired) electrons. The Hall–Kier alpha value is -3.07. The first kappa shape index (κ1) is 22.7. The van der Waals surface area contributed by atoms with Gasteiger partial charge in [-0.15, -0.1) is 0 Å². The van der Waals surface area contributed by atoms with Crippen LogP contribution in [0.15, 0.2) is 46.9 Å². The summed E-state index contributed by atoms with van der Waals surface area (Å²) in [7, 11) is 0. The number of rotatable bonds is 7. The number of furan rings is 1. The first-order valence-corrected chi connectivity index (χ1v) is 11.7. The second-order valence-corrected chi connectivity index (χ2v) is 8.99. The molecular formula is C25H25ClN2O6. The molecule has 3 aromatic rings. The van der Waals surface area contributed by atoms with Gasteiger partial charge in [0.25, 0.3) is 11.7 Å². The minimum Gasteiger partial charge on any atom is -0.486 e. The van der Waals surface area contributed by atoms with Crippen molar-refractivity contribution in [3.63, 3.8) is 0 Å². The summed E-state index contributed by atoms with van der Waals surface area (Å²) in [5, 5.41) is 15.1. The van der Waals surface area contributed by atoms with E-state index < -0.39 is 23.8 Å². The summed E-state index contributed by atoms with van der Waals surface area (Å²) >= 11 is 6.00. The molecule has 2 aromatic carbocycles. The van der Waals surface area contributed by atoms with E-state index >= 15 is 0 Å². The molecule has 1 aromatic heterocycles. The van der Waals surface area contributed by atoms with Gasteiger partial charge in [0.1, 0.15) is 24.9 Å². The summed E-state index contributed by atoms with van der Waals surface area (Å²) < 4.78 is 16.7. The third kappa shape index (κ3) is 4.75. The van der Waals surface area contributed by atoms with Crippen molar-refractivity contribution in [2.45, 2.75) is 25.0 Å². The molecule has 0 saturated carbocycles. The number of aliphatic hydroxyl groups is 1. The number of Topliss-reactive ketones (excluding diaryl/α,β-unsaturated/α-hetero) is 1. The number of nitrogens with zero attached hydrogens (tertiary/aromatic N) is 1. The lowest BCUT2D eigenvalue weighted by Crippen LogP contribution is -2.48. The maximum Gasteiger partial charge on any atom is 0.296 e. The number of likely N-dealkylation sites (tertiary alicyclic amines) is 1. The van der Waals surface area contributed by atoms with Gasteiger partial charge in [0.05, 0.1) is 6.04 Å². The summed E-state index contributed by atoms with van der Waals surface area (Å²) in [6, 6.07) is 10.9. The van der Waals surface area contributed by atoms with Gasteiger partial charge in [-0.05, 0) is 67.9 Å². The maximum atomic E-state index is 12.9. The van der Waals surface area contributed by atoms with Gasteiger partial charge in [0.15, 0.2) is 17.3 Å². The summed E-state index contributed by atoms with van der Waals surface area (Å²) in [4.78, 5) is 27.9. The lowest BCUT2D eigenvalue weighted by Gasteiger charge is -2.29. The fourth-order valence-corrected chi connectivity index (χ4v) is 4.60. The van der Waals surface area contributed by atoms with Crippen molar-refractivity contribution in [3.05, 3.63) is 58.8 Å². The van der Waals surface area contributed by atoms with Crippen LogP contribution < -0.4 is 14.8 Å². The minimum atomic E-state index is -1.05. The number of amides is 1. The van der Waals surface area contributed by atoms with Gasteiger partial charge in [-0.3, -0.25) is 9.59 Å². The molecule has 2 aliphatic rings. The zero-order valence-corrected chi connectivity index (χ0v) is 19.2. The van der Waals surface area contributed by atoms with Crippen molar-refractivity contribution in [2.24, 2.45) is 0 Å². The number of nitrogens with one attached hydrogen (secondary N) is 1. The highest BCUT2D eigenvalue weighted by Gasteiger charge is 2.31. The first-order valence-electron chi connectivity index (χ1n) is 11.3.